The quantitative estimate of drug-likeness (QED) is 0.191. The van der Waals surface area contributed by atoms with Crippen LogP contribution in [0, 0.1) is 0 Å². The van der Waals surface area contributed by atoms with Crippen molar-refractivity contribution in [3.05, 3.63) is 163 Å². The van der Waals surface area contributed by atoms with E-state index in [0.717, 1.165) is 0 Å². The third-order valence-corrected chi connectivity index (χ3v) is 7.15. The lowest BCUT2D eigenvalue weighted by molar-refractivity contribution is 0.669. The van der Waals surface area contributed by atoms with E-state index in [0.29, 0.717) is 0 Å². The summed E-state index contributed by atoms with van der Waals surface area (Å²) in [7, 11) is 0. The Bertz CT molecular complexity index is 3820. The van der Waals surface area contributed by atoms with E-state index < -0.39 is 184 Å². The van der Waals surface area contributed by atoms with Crippen LogP contribution >= 0.6 is 0 Å². The largest absolute Gasteiger partial charge is 0.456 e. The SMILES string of the molecule is [2H]c1c([2H])c([2H])c(-c2nc(-c3ccc(-c4c([2H])c([2H])c([2H])c5oc6c([2H])c([2H])c([2H])c([2H])c6c45)cc3)nc(-c3c([2H])c([2H])c([2H])c4c([2H])c(-c5c([2H])c([2H])c([2H])c([2H])c5[2H])c([2H])c([2H])c34)n2)c([2H])c1[2H]. The summed E-state index contributed by atoms with van der Waals surface area (Å²) in [5, 5.41) is -1.29. The summed E-state index contributed by atoms with van der Waals surface area (Å²) in [5.41, 5.74) is -2.77. The van der Waals surface area contributed by atoms with Crippen molar-refractivity contribution in [2.45, 2.75) is 0 Å². The van der Waals surface area contributed by atoms with Gasteiger partial charge < -0.3 is 4.42 Å². The first-order valence-electron chi connectivity index (χ1n) is 25.3. The van der Waals surface area contributed by atoms with E-state index in [1.54, 1.807) is 0 Å². The average molecular weight is 625 g/mol. The fourth-order valence-corrected chi connectivity index (χ4v) is 5.03. The van der Waals surface area contributed by atoms with Gasteiger partial charge in [-0.25, -0.2) is 15.0 Å². The van der Waals surface area contributed by atoms with Crippen LogP contribution in [0.2, 0.25) is 0 Å². The summed E-state index contributed by atoms with van der Waals surface area (Å²) in [5.74, 6) is -1.54. The van der Waals surface area contributed by atoms with Gasteiger partial charge in [-0.05, 0) is 51.2 Å². The molecule has 0 aliphatic rings. The normalized spacial score (nSPS) is 18.3. The average Bonchev–Trinajstić information content (AvgIpc) is 3.74. The fourth-order valence-electron chi connectivity index (χ4n) is 5.03. The summed E-state index contributed by atoms with van der Waals surface area (Å²) < 4.78 is 204. The topological polar surface area (TPSA) is 51.8 Å². The zero-order chi connectivity index (χ0) is 51.2. The van der Waals surface area contributed by atoms with Crippen molar-refractivity contribution in [1.82, 2.24) is 15.0 Å². The molecule has 0 saturated carbocycles. The van der Waals surface area contributed by atoms with Gasteiger partial charge in [0, 0.05) is 27.5 Å². The molecule has 0 N–H and O–H groups in total. The molecule has 0 bridgehead atoms. The molecule has 0 aliphatic heterocycles. The summed E-state index contributed by atoms with van der Waals surface area (Å²) >= 11 is 0. The van der Waals surface area contributed by atoms with Gasteiger partial charge in [0.05, 0.1) is 31.5 Å². The Morgan fingerprint density at radius 3 is 1.83 bits per heavy atom. The molecule has 0 saturated heterocycles. The first-order chi connectivity index (χ1) is 32.8. The number of benzene rings is 7. The standard InChI is InChI=1S/C43H27N3O/c1-3-11-28(12-4-1)32-25-26-34-33(27-32)15-9-18-36(34)43-45-41(30-13-5-2-6-14-30)44-42(46-43)31-23-21-29(22-24-31)35-17-10-20-39-40(35)37-16-7-8-19-38(37)47-39/h1-27H/i1D,2D,3D,4D,5D,6D,7D,8D,9D,10D,11D,12D,13D,14D,15D,16D,17D,18D,19D,20D,25D,26D,27D. The maximum absolute atomic E-state index is 9.26. The van der Waals surface area contributed by atoms with E-state index in [1.165, 1.54) is 24.3 Å². The smallest absolute Gasteiger partial charge is 0.164 e. The molecule has 7 aromatic carbocycles. The van der Waals surface area contributed by atoms with Crippen LogP contribution in [0.5, 0.6) is 0 Å². The second-order valence-electron chi connectivity index (χ2n) is 9.89. The van der Waals surface area contributed by atoms with Crippen molar-refractivity contribution in [2.75, 3.05) is 0 Å². The third kappa shape index (κ3) is 4.84. The molecule has 9 aromatic rings. The van der Waals surface area contributed by atoms with Crippen LogP contribution in [-0.2, 0) is 0 Å². The third-order valence-electron chi connectivity index (χ3n) is 7.15. The van der Waals surface area contributed by atoms with Gasteiger partial charge in [-0.3, -0.25) is 0 Å². The van der Waals surface area contributed by atoms with Crippen LogP contribution in [0.15, 0.2) is 168 Å². The zero-order valence-electron chi connectivity index (χ0n) is 46.6. The number of nitrogens with zero attached hydrogens (tertiary/aromatic N) is 3. The molecule has 2 heterocycles. The van der Waals surface area contributed by atoms with Gasteiger partial charge in [0.1, 0.15) is 11.2 Å². The molecule has 0 spiro atoms. The molecule has 2 aromatic heterocycles. The second kappa shape index (κ2) is 11.2. The summed E-state index contributed by atoms with van der Waals surface area (Å²) in [6, 6.07) is -11.2. The minimum atomic E-state index is -0.873. The zero-order valence-corrected chi connectivity index (χ0v) is 23.6. The minimum Gasteiger partial charge on any atom is -0.456 e. The molecule has 0 amide bonds. The maximum Gasteiger partial charge on any atom is 0.164 e. The Morgan fingerprint density at radius 2 is 1.02 bits per heavy atom. The van der Waals surface area contributed by atoms with E-state index in [4.69, 9.17) is 33.2 Å². The molecular formula is C43H27N3O. The molecule has 47 heavy (non-hydrogen) atoms. The number of rotatable bonds is 5. The van der Waals surface area contributed by atoms with Crippen molar-refractivity contribution < 1.29 is 35.9 Å². The second-order valence-corrected chi connectivity index (χ2v) is 9.89. The van der Waals surface area contributed by atoms with Gasteiger partial charge in [-0.1, -0.05) is 145 Å². The highest BCUT2D eigenvalue weighted by molar-refractivity contribution is 6.12. The van der Waals surface area contributed by atoms with Crippen LogP contribution in [0.3, 0.4) is 0 Å². The van der Waals surface area contributed by atoms with Crippen molar-refractivity contribution in [1.29, 1.82) is 0 Å². The number of aromatic nitrogens is 3. The van der Waals surface area contributed by atoms with E-state index >= 15 is 0 Å². The maximum atomic E-state index is 9.26. The van der Waals surface area contributed by atoms with Gasteiger partial charge in [0.15, 0.2) is 17.5 Å². The van der Waals surface area contributed by atoms with Gasteiger partial charge in [0.2, 0.25) is 0 Å². The summed E-state index contributed by atoms with van der Waals surface area (Å²) in [4.78, 5) is 13.4. The van der Waals surface area contributed by atoms with E-state index in [2.05, 4.69) is 15.0 Å². The van der Waals surface area contributed by atoms with Crippen molar-refractivity contribution >= 4 is 32.7 Å². The number of fused-ring (bicyclic) bond motifs is 4. The monoisotopic (exact) mass is 624 g/mol. The highest BCUT2D eigenvalue weighted by Gasteiger charge is 2.16. The molecule has 0 radical (unpaired) electrons. The van der Waals surface area contributed by atoms with Gasteiger partial charge >= 0.3 is 0 Å². The molecule has 0 atom stereocenters. The highest BCUT2D eigenvalue weighted by atomic mass is 16.3. The lowest BCUT2D eigenvalue weighted by Gasteiger charge is -2.12. The Labute approximate surface area is 304 Å². The fraction of sp³-hybridized carbons (Fsp3) is 0. The van der Waals surface area contributed by atoms with Crippen LogP contribution in [0.4, 0.5) is 0 Å². The van der Waals surface area contributed by atoms with Crippen molar-refractivity contribution in [2.24, 2.45) is 0 Å². The molecule has 4 heteroatoms. The van der Waals surface area contributed by atoms with Gasteiger partial charge in [-0.2, -0.15) is 0 Å². The highest BCUT2D eigenvalue weighted by Crippen LogP contribution is 2.37. The predicted molar refractivity (Wildman–Crippen MR) is 192 cm³/mol. The minimum absolute atomic E-state index is 0.0467. The number of furan rings is 1. The van der Waals surface area contributed by atoms with Crippen LogP contribution in [0.1, 0.15) is 31.5 Å². The van der Waals surface area contributed by atoms with Crippen LogP contribution in [0.25, 0.3) is 89.1 Å². The van der Waals surface area contributed by atoms with Gasteiger partial charge in [0.25, 0.3) is 0 Å². The Kier molecular flexibility index (Phi) is 2.96. The predicted octanol–water partition coefficient (Wildman–Crippen LogP) is 11.3. The molecule has 4 nitrogen and oxygen atoms in total. The lowest BCUT2D eigenvalue weighted by Crippen LogP contribution is -2.00. The van der Waals surface area contributed by atoms with E-state index in [-0.39, 0.29) is 44.5 Å². The Morgan fingerprint density at radius 1 is 0.404 bits per heavy atom. The van der Waals surface area contributed by atoms with Crippen molar-refractivity contribution in [3.8, 4) is 56.4 Å². The summed E-state index contributed by atoms with van der Waals surface area (Å²) in [6.07, 6.45) is 0. The molecule has 0 fully saturated rings. The van der Waals surface area contributed by atoms with E-state index in [9.17, 15) is 2.74 Å². The van der Waals surface area contributed by atoms with Crippen LogP contribution < -0.4 is 0 Å². The summed E-state index contributed by atoms with van der Waals surface area (Å²) in [6.45, 7) is 0. The first kappa shape index (κ1) is 12.4. The number of hydrogen-bond donors (Lipinski definition) is 0. The Balaban J connectivity index is 1.34. The first-order valence-corrected chi connectivity index (χ1v) is 13.8. The Hall–Kier alpha value is -6.39. The van der Waals surface area contributed by atoms with Crippen LogP contribution in [-0.4, -0.2) is 15.0 Å². The van der Waals surface area contributed by atoms with Gasteiger partial charge in [-0.15, -0.1) is 0 Å². The molecule has 220 valence electrons. The van der Waals surface area contributed by atoms with E-state index in [1.807, 2.05) is 0 Å². The molecule has 0 aliphatic carbocycles. The molecule has 0 unspecified atom stereocenters. The molecular weight excluding hydrogens is 574 g/mol. The van der Waals surface area contributed by atoms with Crippen molar-refractivity contribution in [3.63, 3.8) is 0 Å². The number of hydrogen-bond acceptors (Lipinski definition) is 4. The lowest BCUT2D eigenvalue weighted by atomic mass is 9.98. The molecule has 9 rings (SSSR count). The number of para-hydroxylation sites is 1.